The van der Waals surface area contributed by atoms with Gasteiger partial charge in [0.1, 0.15) is 5.75 Å². The minimum atomic E-state index is 0.742. The van der Waals surface area contributed by atoms with Gasteiger partial charge in [0, 0.05) is 5.56 Å². The van der Waals surface area contributed by atoms with Gasteiger partial charge < -0.3 is 4.74 Å². The SMILES string of the molecule is Cc1ccc#cc1Oc1ccccc1C. The van der Waals surface area contributed by atoms with Crippen molar-refractivity contribution in [1.29, 1.82) is 0 Å². The zero-order valence-electron chi connectivity index (χ0n) is 8.87. The average Bonchev–Trinajstić information content (AvgIpc) is 2.24. The summed E-state index contributed by atoms with van der Waals surface area (Å²) >= 11 is 0. The molecule has 0 amide bonds. The average molecular weight is 196 g/mol. The van der Waals surface area contributed by atoms with Crippen LogP contribution in [0.3, 0.4) is 0 Å². The number of benzene rings is 1. The summed E-state index contributed by atoms with van der Waals surface area (Å²) in [6, 6.07) is 17.6. The highest BCUT2D eigenvalue weighted by atomic mass is 16.5. The molecule has 0 heterocycles. The maximum absolute atomic E-state index is 5.75. The first-order valence-electron chi connectivity index (χ1n) is 4.90. The minimum absolute atomic E-state index is 0.742. The number of hydrogen-bond acceptors (Lipinski definition) is 1. The first-order valence-corrected chi connectivity index (χ1v) is 4.90. The molecule has 0 aliphatic heterocycles. The Kier molecular flexibility index (Phi) is 2.60. The van der Waals surface area contributed by atoms with Crippen molar-refractivity contribution in [1.82, 2.24) is 0 Å². The van der Waals surface area contributed by atoms with Gasteiger partial charge in [-0.25, -0.2) is 0 Å². The maximum Gasteiger partial charge on any atom is 0.180 e. The lowest BCUT2D eigenvalue weighted by atomic mass is 10.2. The van der Waals surface area contributed by atoms with Gasteiger partial charge in [-0.05, 0) is 43.7 Å². The van der Waals surface area contributed by atoms with Gasteiger partial charge in [0.15, 0.2) is 5.75 Å². The van der Waals surface area contributed by atoms with Crippen LogP contribution in [-0.4, -0.2) is 0 Å². The summed E-state index contributed by atoms with van der Waals surface area (Å²) in [5.74, 6) is 1.61. The molecule has 0 spiro atoms. The predicted molar refractivity (Wildman–Crippen MR) is 60.1 cm³/mol. The number of para-hydroxylation sites is 1. The largest absolute Gasteiger partial charge is 0.448 e. The molecule has 0 N–H and O–H groups in total. The van der Waals surface area contributed by atoms with Crippen LogP contribution in [-0.2, 0) is 0 Å². The molecule has 74 valence electrons. The summed E-state index contributed by atoms with van der Waals surface area (Å²) in [6.45, 7) is 4.02. The molecule has 0 bridgehead atoms. The summed E-state index contributed by atoms with van der Waals surface area (Å²) in [7, 11) is 0. The second-order valence-electron chi connectivity index (χ2n) is 3.48. The molecule has 2 aromatic carbocycles. The van der Waals surface area contributed by atoms with Crippen molar-refractivity contribution in [2.24, 2.45) is 0 Å². The van der Waals surface area contributed by atoms with Crippen LogP contribution in [0.5, 0.6) is 11.5 Å². The van der Waals surface area contributed by atoms with Crippen molar-refractivity contribution in [3.8, 4) is 11.5 Å². The topological polar surface area (TPSA) is 9.23 Å². The lowest BCUT2D eigenvalue weighted by Crippen LogP contribution is -1.88. The third-order valence-electron chi connectivity index (χ3n) is 2.27. The zero-order valence-corrected chi connectivity index (χ0v) is 8.87. The lowest BCUT2D eigenvalue weighted by molar-refractivity contribution is 0.475. The van der Waals surface area contributed by atoms with Gasteiger partial charge in [-0.1, -0.05) is 24.3 Å². The van der Waals surface area contributed by atoms with E-state index in [0.717, 1.165) is 22.6 Å². The van der Waals surface area contributed by atoms with E-state index in [1.807, 2.05) is 50.2 Å². The maximum atomic E-state index is 5.75. The van der Waals surface area contributed by atoms with Crippen molar-refractivity contribution in [3.63, 3.8) is 0 Å². The molecule has 0 aliphatic carbocycles. The molecule has 0 fully saturated rings. The molecule has 0 atom stereocenters. The van der Waals surface area contributed by atoms with Crippen LogP contribution in [0.15, 0.2) is 36.4 Å². The smallest absolute Gasteiger partial charge is 0.180 e. The summed E-state index contributed by atoms with van der Waals surface area (Å²) < 4.78 is 5.75. The first-order chi connectivity index (χ1) is 7.27. The molecule has 1 nitrogen and oxygen atoms in total. The van der Waals surface area contributed by atoms with Crippen LogP contribution in [0.1, 0.15) is 11.1 Å². The number of ether oxygens (including phenoxy) is 1. The molecule has 0 aromatic heterocycles. The molecular formula is C14H12O. The third kappa shape index (κ3) is 2.11. The van der Waals surface area contributed by atoms with Crippen molar-refractivity contribution >= 4 is 0 Å². The lowest BCUT2D eigenvalue weighted by Gasteiger charge is -2.07. The van der Waals surface area contributed by atoms with Crippen LogP contribution in [0, 0.1) is 26.0 Å². The van der Waals surface area contributed by atoms with Gasteiger partial charge >= 0.3 is 0 Å². The van der Waals surface area contributed by atoms with Crippen LogP contribution >= 0.6 is 0 Å². The second kappa shape index (κ2) is 4.06. The first kappa shape index (κ1) is 9.61. The highest BCUT2D eigenvalue weighted by Crippen LogP contribution is 2.25. The molecular weight excluding hydrogens is 184 g/mol. The summed E-state index contributed by atoms with van der Waals surface area (Å²) in [5, 5.41) is 0. The van der Waals surface area contributed by atoms with Gasteiger partial charge in [-0.3, -0.25) is 0 Å². The van der Waals surface area contributed by atoms with E-state index in [4.69, 9.17) is 4.74 Å². The fourth-order valence-electron chi connectivity index (χ4n) is 1.34. The number of rotatable bonds is 2. The van der Waals surface area contributed by atoms with Gasteiger partial charge in [0.2, 0.25) is 0 Å². The van der Waals surface area contributed by atoms with Crippen molar-refractivity contribution in [2.75, 3.05) is 0 Å². The van der Waals surface area contributed by atoms with Gasteiger partial charge in [-0.2, -0.15) is 0 Å². The van der Waals surface area contributed by atoms with Gasteiger partial charge in [-0.15, -0.1) is 0 Å². The Bertz CT molecular complexity index is 417. The molecule has 0 saturated heterocycles. The van der Waals surface area contributed by atoms with Crippen molar-refractivity contribution in [3.05, 3.63) is 59.7 Å². The zero-order chi connectivity index (χ0) is 10.7. The van der Waals surface area contributed by atoms with E-state index in [2.05, 4.69) is 12.1 Å². The van der Waals surface area contributed by atoms with Crippen LogP contribution in [0.2, 0.25) is 0 Å². The highest BCUT2D eigenvalue weighted by Gasteiger charge is 2.01. The Labute approximate surface area is 90.3 Å². The normalized spacial score (nSPS) is 9.47. The Hall–Kier alpha value is -1.94. The second-order valence-corrected chi connectivity index (χ2v) is 3.48. The van der Waals surface area contributed by atoms with E-state index in [9.17, 15) is 0 Å². The third-order valence-corrected chi connectivity index (χ3v) is 2.27. The minimum Gasteiger partial charge on any atom is -0.448 e. The standard InChI is InChI=1S/C14H12O/c1-11-7-3-5-9-13(11)15-14-10-6-4-8-12(14)2/h3-5,7-9H,1-2H3. The Morgan fingerprint density at radius 3 is 2.53 bits per heavy atom. The molecule has 0 saturated carbocycles. The van der Waals surface area contributed by atoms with E-state index in [1.165, 1.54) is 0 Å². The van der Waals surface area contributed by atoms with E-state index in [0.29, 0.717) is 0 Å². The Balaban J connectivity index is 2.30. The van der Waals surface area contributed by atoms with Crippen molar-refractivity contribution in [2.45, 2.75) is 13.8 Å². The monoisotopic (exact) mass is 196 g/mol. The molecule has 2 aromatic rings. The molecule has 0 radical (unpaired) electrons. The van der Waals surface area contributed by atoms with Gasteiger partial charge in [0.05, 0.1) is 0 Å². The Morgan fingerprint density at radius 1 is 1.00 bits per heavy atom. The molecule has 15 heavy (non-hydrogen) atoms. The van der Waals surface area contributed by atoms with Gasteiger partial charge in [0.25, 0.3) is 0 Å². The summed E-state index contributed by atoms with van der Waals surface area (Å²) in [6.07, 6.45) is 0. The van der Waals surface area contributed by atoms with E-state index >= 15 is 0 Å². The highest BCUT2D eigenvalue weighted by molar-refractivity contribution is 5.38. The van der Waals surface area contributed by atoms with E-state index in [1.54, 1.807) is 0 Å². The quantitative estimate of drug-likeness (QED) is 0.711. The van der Waals surface area contributed by atoms with Crippen LogP contribution in [0.25, 0.3) is 0 Å². The summed E-state index contributed by atoms with van der Waals surface area (Å²) in [4.78, 5) is 0. The molecule has 2 rings (SSSR count). The van der Waals surface area contributed by atoms with Crippen LogP contribution in [0.4, 0.5) is 0 Å². The van der Waals surface area contributed by atoms with Crippen molar-refractivity contribution < 1.29 is 4.74 Å². The number of hydrogen-bond donors (Lipinski definition) is 0. The fourth-order valence-corrected chi connectivity index (χ4v) is 1.34. The predicted octanol–water partition coefficient (Wildman–Crippen LogP) is 3.70. The van der Waals surface area contributed by atoms with Crippen LogP contribution < -0.4 is 4.74 Å². The number of aryl methyl sites for hydroxylation is 2. The molecule has 0 unspecified atom stereocenters. The van der Waals surface area contributed by atoms with E-state index < -0.39 is 0 Å². The summed E-state index contributed by atoms with van der Waals surface area (Å²) in [5.41, 5.74) is 2.19. The van der Waals surface area contributed by atoms with E-state index in [-0.39, 0.29) is 0 Å². The Morgan fingerprint density at radius 2 is 1.80 bits per heavy atom. The molecule has 1 heteroatoms. The molecule has 0 aliphatic rings. The fraction of sp³-hybridized carbons (Fsp3) is 0.143.